The smallest absolute Gasteiger partial charge is 0.270 e. The summed E-state index contributed by atoms with van der Waals surface area (Å²) in [6.07, 6.45) is 4.49. The zero-order valence-corrected chi connectivity index (χ0v) is 10.0. The average Bonchev–Trinajstić information content (AvgIpc) is 2.72. The summed E-state index contributed by atoms with van der Waals surface area (Å²) >= 11 is 0. The van der Waals surface area contributed by atoms with Crippen LogP contribution in [0.5, 0.6) is 0 Å². The first-order chi connectivity index (χ1) is 7.58. The molecule has 0 saturated heterocycles. The molecular formula is C11H19N3O2. The monoisotopic (exact) mass is 225 g/mol. The molecule has 0 unspecified atom stereocenters. The van der Waals surface area contributed by atoms with Crippen molar-refractivity contribution in [1.82, 2.24) is 14.9 Å². The number of imidazole rings is 1. The number of rotatable bonds is 5. The van der Waals surface area contributed by atoms with Crippen LogP contribution in [0.25, 0.3) is 0 Å². The maximum absolute atomic E-state index is 11.9. The molecule has 0 saturated carbocycles. The normalized spacial score (nSPS) is 11.5. The number of nitrogens with zero attached hydrogens (tertiary/aromatic N) is 2. The molecule has 1 aromatic rings. The summed E-state index contributed by atoms with van der Waals surface area (Å²) in [4.78, 5) is 15.8. The fraction of sp³-hybridized carbons (Fsp3) is 0.636. The summed E-state index contributed by atoms with van der Waals surface area (Å²) in [6, 6.07) is 0. The second-order valence-corrected chi connectivity index (χ2v) is 3.99. The lowest BCUT2D eigenvalue weighted by Crippen LogP contribution is -2.50. The molecule has 5 heteroatoms. The van der Waals surface area contributed by atoms with Crippen molar-refractivity contribution in [3.8, 4) is 0 Å². The molecule has 0 aliphatic rings. The molecule has 90 valence electrons. The molecule has 0 aromatic carbocycles. The van der Waals surface area contributed by atoms with E-state index in [0.29, 0.717) is 18.5 Å². The summed E-state index contributed by atoms with van der Waals surface area (Å²) in [5, 5.41) is 12.2. The predicted octanol–water partition coefficient (Wildman–Crippen LogP) is 0.701. The van der Waals surface area contributed by atoms with Crippen LogP contribution in [-0.4, -0.2) is 32.7 Å². The summed E-state index contributed by atoms with van der Waals surface area (Å²) in [7, 11) is 1.76. The van der Waals surface area contributed by atoms with Crippen LogP contribution in [0, 0.1) is 0 Å². The van der Waals surface area contributed by atoms with Gasteiger partial charge >= 0.3 is 0 Å². The number of aryl methyl sites for hydroxylation is 1. The second-order valence-electron chi connectivity index (χ2n) is 3.99. The summed E-state index contributed by atoms with van der Waals surface area (Å²) in [5.41, 5.74) is -0.0267. The minimum atomic E-state index is -0.526. The van der Waals surface area contributed by atoms with Crippen molar-refractivity contribution < 1.29 is 9.90 Å². The minimum absolute atomic E-state index is 0.0520. The van der Waals surface area contributed by atoms with Gasteiger partial charge in [0.25, 0.3) is 5.91 Å². The highest BCUT2D eigenvalue weighted by molar-refractivity contribution is 5.92. The standard InChI is InChI=1S/C11H19N3O2/c1-4-11(5-2,7-15)13-10(16)9-6-12-8-14(9)3/h6,8,15H,4-5,7H2,1-3H3,(H,13,16). The van der Waals surface area contributed by atoms with Gasteiger partial charge in [-0.15, -0.1) is 0 Å². The summed E-state index contributed by atoms with van der Waals surface area (Å²) < 4.78 is 1.66. The molecule has 1 rings (SSSR count). The minimum Gasteiger partial charge on any atom is -0.394 e. The first-order valence-corrected chi connectivity index (χ1v) is 5.48. The topological polar surface area (TPSA) is 67.2 Å². The lowest BCUT2D eigenvalue weighted by Gasteiger charge is -2.30. The highest BCUT2D eigenvalue weighted by Gasteiger charge is 2.28. The van der Waals surface area contributed by atoms with E-state index in [1.807, 2.05) is 13.8 Å². The molecule has 0 radical (unpaired) electrons. The Hall–Kier alpha value is -1.36. The van der Waals surface area contributed by atoms with Crippen LogP contribution in [0.1, 0.15) is 37.2 Å². The second kappa shape index (κ2) is 5.12. The Morgan fingerprint density at radius 2 is 2.19 bits per heavy atom. The van der Waals surface area contributed by atoms with Crippen LogP contribution in [0.2, 0.25) is 0 Å². The molecule has 0 bridgehead atoms. The Bertz CT molecular complexity index is 348. The Morgan fingerprint density at radius 3 is 2.56 bits per heavy atom. The van der Waals surface area contributed by atoms with Crippen molar-refractivity contribution in [2.75, 3.05) is 6.61 Å². The molecule has 0 aliphatic heterocycles. The molecule has 16 heavy (non-hydrogen) atoms. The van der Waals surface area contributed by atoms with Gasteiger partial charge in [0.15, 0.2) is 0 Å². The number of amides is 1. The van der Waals surface area contributed by atoms with Crippen LogP contribution in [0.4, 0.5) is 0 Å². The number of aliphatic hydroxyl groups excluding tert-OH is 1. The lowest BCUT2D eigenvalue weighted by molar-refractivity contribution is 0.0809. The van der Waals surface area contributed by atoms with Gasteiger partial charge in [-0.25, -0.2) is 4.98 Å². The Kier molecular flexibility index (Phi) is 4.06. The number of carbonyl (C=O) groups excluding carboxylic acids is 1. The highest BCUT2D eigenvalue weighted by Crippen LogP contribution is 2.15. The number of carbonyl (C=O) groups is 1. The van der Waals surface area contributed by atoms with Crippen LogP contribution in [0.3, 0.4) is 0 Å². The first-order valence-electron chi connectivity index (χ1n) is 5.48. The van der Waals surface area contributed by atoms with Gasteiger partial charge in [0.1, 0.15) is 5.69 Å². The first kappa shape index (κ1) is 12.7. The Balaban J connectivity index is 2.81. The largest absolute Gasteiger partial charge is 0.394 e. The third-order valence-electron chi connectivity index (χ3n) is 3.08. The molecule has 0 fully saturated rings. The third kappa shape index (κ3) is 2.41. The van der Waals surface area contributed by atoms with Crippen molar-refractivity contribution in [3.05, 3.63) is 18.2 Å². The highest BCUT2D eigenvalue weighted by atomic mass is 16.3. The number of nitrogens with one attached hydrogen (secondary N) is 1. The molecule has 2 N–H and O–H groups in total. The third-order valence-corrected chi connectivity index (χ3v) is 3.08. The van der Waals surface area contributed by atoms with Gasteiger partial charge in [-0.2, -0.15) is 0 Å². The van der Waals surface area contributed by atoms with E-state index in [2.05, 4.69) is 10.3 Å². The van der Waals surface area contributed by atoms with Gasteiger partial charge in [-0.1, -0.05) is 13.8 Å². The lowest BCUT2D eigenvalue weighted by atomic mass is 9.94. The van der Waals surface area contributed by atoms with Crippen molar-refractivity contribution in [3.63, 3.8) is 0 Å². The Labute approximate surface area is 95.5 Å². The van der Waals surface area contributed by atoms with Crippen LogP contribution >= 0.6 is 0 Å². The number of aromatic nitrogens is 2. The predicted molar refractivity (Wildman–Crippen MR) is 61.1 cm³/mol. The fourth-order valence-corrected chi connectivity index (χ4v) is 1.57. The summed E-state index contributed by atoms with van der Waals surface area (Å²) in [6.45, 7) is 3.84. The molecule has 1 heterocycles. The van der Waals surface area contributed by atoms with Gasteiger partial charge in [-0.3, -0.25) is 4.79 Å². The van der Waals surface area contributed by atoms with E-state index in [4.69, 9.17) is 0 Å². The van der Waals surface area contributed by atoms with Crippen molar-refractivity contribution in [2.24, 2.45) is 7.05 Å². The van der Waals surface area contributed by atoms with Crippen molar-refractivity contribution >= 4 is 5.91 Å². The Morgan fingerprint density at radius 1 is 1.56 bits per heavy atom. The maximum atomic E-state index is 11.9. The van der Waals surface area contributed by atoms with Crippen LogP contribution < -0.4 is 5.32 Å². The molecular weight excluding hydrogens is 206 g/mol. The molecule has 0 atom stereocenters. The quantitative estimate of drug-likeness (QED) is 0.775. The van der Waals surface area contributed by atoms with E-state index in [0.717, 1.165) is 0 Å². The zero-order chi connectivity index (χ0) is 12.2. The number of hydrogen-bond acceptors (Lipinski definition) is 3. The van der Waals surface area contributed by atoms with E-state index in [1.165, 1.54) is 6.20 Å². The summed E-state index contributed by atoms with van der Waals surface area (Å²) in [5.74, 6) is -0.197. The molecule has 5 nitrogen and oxygen atoms in total. The van der Waals surface area contributed by atoms with Gasteiger partial charge in [0.05, 0.1) is 24.7 Å². The maximum Gasteiger partial charge on any atom is 0.270 e. The van der Waals surface area contributed by atoms with Crippen LogP contribution in [0.15, 0.2) is 12.5 Å². The number of aliphatic hydroxyl groups is 1. The van der Waals surface area contributed by atoms with E-state index in [9.17, 15) is 9.90 Å². The average molecular weight is 225 g/mol. The van der Waals surface area contributed by atoms with Crippen molar-refractivity contribution in [2.45, 2.75) is 32.2 Å². The zero-order valence-electron chi connectivity index (χ0n) is 10.0. The van der Waals surface area contributed by atoms with Gasteiger partial charge in [-0.05, 0) is 12.8 Å². The molecule has 0 aliphatic carbocycles. The van der Waals surface area contributed by atoms with E-state index < -0.39 is 5.54 Å². The molecule has 0 spiro atoms. The number of hydrogen-bond donors (Lipinski definition) is 2. The SMILES string of the molecule is CCC(CC)(CO)NC(=O)c1cncn1C. The molecule has 1 aromatic heterocycles. The van der Waals surface area contributed by atoms with Crippen LogP contribution in [-0.2, 0) is 7.05 Å². The van der Waals surface area contributed by atoms with Gasteiger partial charge < -0.3 is 15.0 Å². The van der Waals surface area contributed by atoms with E-state index in [1.54, 1.807) is 17.9 Å². The van der Waals surface area contributed by atoms with Crippen molar-refractivity contribution in [1.29, 1.82) is 0 Å². The van der Waals surface area contributed by atoms with E-state index in [-0.39, 0.29) is 12.5 Å². The fourth-order valence-electron chi connectivity index (χ4n) is 1.57. The molecule has 1 amide bonds. The van der Waals surface area contributed by atoms with E-state index >= 15 is 0 Å². The van der Waals surface area contributed by atoms with Gasteiger partial charge in [0.2, 0.25) is 0 Å². The van der Waals surface area contributed by atoms with Gasteiger partial charge in [0, 0.05) is 7.05 Å².